The summed E-state index contributed by atoms with van der Waals surface area (Å²) in [6.07, 6.45) is 0.685. The molecule has 1 amide bonds. The van der Waals surface area contributed by atoms with E-state index in [1.807, 2.05) is 0 Å². The first-order valence-electron chi connectivity index (χ1n) is 6.26. The molecule has 8 heteroatoms. The van der Waals surface area contributed by atoms with Gasteiger partial charge in [0.2, 0.25) is 0 Å². The Morgan fingerprint density at radius 2 is 2.10 bits per heavy atom. The van der Waals surface area contributed by atoms with E-state index < -0.39 is 39.9 Å². The zero-order chi connectivity index (χ0) is 16.2. The third-order valence-electron chi connectivity index (χ3n) is 2.88. The van der Waals surface area contributed by atoms with Gasteiger partial charge in [-0.25, -0.2) is 9.18 Å². The van der Waals surface area contributed by atoms with Crippen molar-refractivity contribution in [3.05, 3.63) is 39.2 Å². The van der Waals surface area contributed by atoms with Crippen LogP contribution in [0.5, 0.6) is 0 Å². The molecule has 1 aromatic carbocycles. The third kappa shape index (κ3) is 3.98. The lowest BCUT2D eigenvalue weighted by atomic mass is 10.1. The van der Waals surface area contributed by atoms with Crippen molar-refractivity contribution in [2.24, 2.45) is 0 Å². The largest absolute Gasteiger partial charge is 0.480 e. The highest BCUT2D eigenvalue weighted by molar-refractivity contribution is 5.97. The van der Waals surface area contributed by atoms with Crippen LogP contribution < -0.4 is 5.32 Å². The summed E-state index contributed by atoms with van der Waals surface area (Å²) in [6.45, 7) is 3.03. The van der Waals surface area contributed by atoms with Crippen LogP contribution in [0.1, 0.15) is 35.7 Å². The van der Waals surface area contributed by atoms with Crippen molar-refractivity contribution in [1.29, 1.82) is 0 Å². The van der Waals surface area contributed by atoms with Crippen molar-refractivity contribution in [1.82, 2.24) is 5.32 Å². The normalized spacial score (nSPS) is 11.8. The van der Waals surface area contributed by atoms with Crippen LogP contribution in [0.25, 0.3) is 0 Å². The van der Waals surface area contributed by atoms with Gasteiger partial charge in [-0.1, -0.05) is 13.3 Å². The zero-order valence-electron chi connectivity index (χ0n) is 11.6. The standard InChI is InChI=1S/C13H15FN2O5/c1-3-4-10(13(18)19)15-12(17)9-6-8(16(20)21)5-7(2)11(9)14/h5-6,10H,3-4H2,1-2H3,(H,15,17)(H,18,19). The van der Waals surface area contributed by atoms with Crippen LogP contribution in [0.4, 0.5) is 10.1 Å². The summed E-state index contributed by atoms with van der Waals surface area (Å²) in [4.78, 5) is 32.9. The molecule has 0 aliphatic carbocycles. The van der Waals surface area contributed by atoms with Gasteiger partial charge >= 0.3 is 5.97 Å². The predicted octanol–water partition coefficient (Wildman–Crippen LogP) is 2.03. The van der Waals surface area contributed by atoms with Gasteiger partial charge in [-0.15, -0.1) is 0 Å². The molecule has 0 saturated carbocycles. The van der Waals surface area contributed by atoms with Gasteiger partial charge in [0.25, 0.3) is 11.6 Å². The summed E-state index contributed by atoms with van der Waals surface area (Å²) in [5, 5.41) is 21.8. The van der Waals surface area contributed by atoms with E-state index in [2.05, 4.69) is 5.32 Å². The molecule has 0 aliphatic rings. The Labute approximate surface area is 119 Å². The number of amides is 1. The number of nitrogens with one attached hydrogen (secondary N) is 1. The highest BCUT2D eigenvalue weighted by Gasteiger charge is 2.24. The second kappa shape index (κ2) is 6.78. The Morgan fingerprint density at radius 1 is 1.48 bits per heavy atom. The first-order chi connectivity index (χ1) is 9.77. The number of carboxylic acids is 1. The number of carbonyl (C=O) groups excluding carboxylic acids is 1. The van der Waals surface area contributed by atoms with E-state index in [1.165, 1.54) is 6.92 Å². The number of aliphatic carboxylic acids is 1. The van der Waals surface area contributed by atoms with Crippen LogP contribution in [0, 0.1) is 22.9 Å². The molecule has 1 unspecified atom stereocenters. The molecule has 0 saturated heterocycles. The maximum atomic E-state index is 13.9. The summed E-state index contributed by atoms with van der Waals surface area (Å²) in [7, 11) is 0. The molecule has 0 bridgehead atoms. The van der Waals surface area contributed by atoms with Crippen LogP contribution in [0.15, 0.2) is 12.1 Å². The van der Waals surface area contributed by atoms with Crippen LogP contribution in [0.2, 0.25) is 0 Å². The van der Waals surface area contributed by atoms with Gasteiger partial charge in [0, 0.05) is 12.1 Å². The lowest BCUT2D eigenvalue weighted by Gasteiger charge is -2.14. The lowest BCUT2D eigenvalue weighted by molar-refractivity contribution is -0.385. The average molecular weight is 298 g/mol. The molecule has 7 nitrogen and oxygen atoms in total. The van der Waals surface area contributed by atoms with Gasteiger partial charge in [0.15, 0.2) is 0 Å². The van der Waals surface area contributed by atoms with Crippen molar-refractivity contribution in [3.63, 3.8) is 0 Å². The van der Waals surface area contributed by atoms with Crippen LogP contribution in [-0.2, 0) is 4.79 Å². The smallest absolute Gasteiger partial charge is 0.326 e. The highest BCUT2D eigenvalue weighted by Crippen LogP contribution is 2.21. The molecule has 1 rings (SSSR count). The van der Waals surface area contributed by atoms with Gasteiger partial charge in [-0.3, -0.25) is 14.9 Å². The molecule has 1 atom stereocenters. The number of nitro benzene ring substituents is 1. The number of carboxylic acid groups (broad SMARTS) is 1. The maximum absolute atomic E-state index is 13.9. The van der Waals surface area contributed by atoms with Crippen molar-refractivity contribution in [3.8, 4) is 0 Å². The summed E-state index contributed by atoms with van der Waals surface area (Å²) in [6, 6.07) is 0.636. The molecule has 0 fully saturated rings. The minimum absolute atomic E-state index is 0.0586. The molecule has 21 heavy (non-hydrogen) atoms. The van der Waals surface area contributed by atoms with Gasteiger partial charge < -0.3 is 10.4 Å². The molecular formula is C13H15FN2O5. The fourth-order valence-electron chi connectivity index (χ4n) is 1.80. The quantitative estimate of drug-likeness (QED) is 0.616. The average Bonchev–Trinajstić information content (AvgIpc) is 2.40. The van der Waals surface area contributed by atoms with Crippen LogP contribution in [-0.4, -0.2) is 27.9 Å². The topological polar surface area (TPSA) is 110 Å². The van der Waals surface area contributed by atoms with E-state index in [0.717, 1.165) is 12.1 Å². The summed E-state index contributed by atoms with van der Waals surface area (Å²) < 4.78 is 13.9. The van der Waals surface area contributed by atoms with E-state index >= 15 is 0 Å². The van der Waals surface area contributed by atoms with Gasteiger partial charge in [0.1, 0.15) is 11.9 Å². The first kappa shape index (κ1) is 16.5. The molecule has 2 N–H and O–H groups in total. The van der Waals surface area contributed by atoms with Crippen molar-refractivity contribution in [2.45, 2.75) is 32.7 Å². The van der Waals surface area contributed by atoms with Gasteiger partial charge in [-0.2, -0.15) is 0 Å². The Morgan fingerprint density at radius 3 is 2.57 bits per heavy atom. The second-order valence-corrected chi connectivity index (χ2v) is 4.53. The molecule has 0 spiro atoms. The second-order valence-electron chi connectivity index (χ2n) is 4.53. The fourth-order valence-corrected chi connectivity index (χ4v) is 1.80. The SMILES string of the molecule is CCCC(NC(=O)c1cc([N+](=O)[O-])cc(C)c1F)C(=O)O. The van der Waals surface area contributed by atoms with E-state index in [4.69, 9.17) is 5.11 Å². The number of non-ortho nitro benzene ring substituents is 1. The van der Waals surface area contributed by atoms with Crippen molar-refractivity contribution in [2.75, 3.05) is 0 Å². The molecule has 0 heterocycles. The monoisotopic (exact) mass is 298 g/mol. The number of benzene rings is 1. The van der Waals surface area contributed by atoms with Crippen LogP contribution >= 0.6 is 0 Å². The number of halogens is 1. The Bertz CT molecular complexity index is 588. The minimum Gasteiger partial charge on any atom is -0.480 e. The Balaban J connectivity index is 3.11. The number of aryl methyl sites for hydroxylation is 1. The lowest BCUT2D eigenvalue weighted by Crippen LogP contribution is -2.41. The number of carbonyl (C=O) groups is 2. The van der Waals surface area contributed by atoms with Gasteiger partial charge in [-0.05, 0) is 18.9 Å². The summed E-state index contributed by atoms with van der Waals surface area (Å²) >= 11 is 0. The Hall–Kier alpha value is -2.51. The highest BCUT2D eigenvalue weighted by atomic mass is 19.1. The van der Waals surface area contributed by atoms with Crippen molar-refractivity contribution >= 4 is 17.6 Å². The van der Waals surface area contributed by atoms with Crippen LogP contribution in [0.3, 0.4) is 0 Å². The number of nitrogens with zero attached hydrogens (tertiary/aromatic N) is 1. The molecule has 0 aliphatic heterocycles. The summed E-state index contributed by atoms with van der Waals surface area (Å²) in [5.41, 5.74) is -1.03. The predicted molar refractivity (Wildman–Crippen MR) is 71.6 cm³/mol. The number of hydrogen-bond acceptors (Lipinski definition) is 4. The van der Waals surface area contributed by atoms with E-state index in [0.29, 0.717) is 6.42 Å². The number of hydrogen-bond donors (Lipinski definition) is 2. The van der Waals surface area contributed by atoms with Gasteiger partial charge in [0.05, 0.1) is 10.5 Å². The molecule has 0 radical (unpaired) electrons. The minimum atomic E-state index is -1.24. The molecule has 1 aromatic rings. The maximum Gasteiger partial charge on any atom is 0.326 e. The zero-order valence-corrected chi connectivity index (χ0v) is 11.6. The van der Waals surface area contributed by atoms with E-state index in [-0.39, 0.29) is 12.0 Å². The van der Waals surface area contributed by atoms with Crippen molar-refractivity contribution < 1.29 is 24.0 Å². The van der Waals surface area contributed by atoms with E-state index in [1.54, 1.807) is 6.92 Å². The van der Waals surface area contributed by atoms with E-state index in [9.17, 15) is 24.1 Å². The molecule has 0 aromatic heterocycles. The summed E-state index contributed by atoms with van der Waals surface area (Å²) in [5.74, 6) is -3.13. The molecule has 114 valence electrons. The third-order valence-corrected chi connectivity index (χ3v) is 2.88. The molecular weight excluding hydrogens is 283 g/mol. The first-order valence-corrected chi connectivity index (χ1v) is 6.26. The Kier molecular flexibility index (Phi) is 5.34. The number of rotatable bonds is 6. The fraction of sp³-hybridized carbons (Fsp3) is 0.385. The number of nitro groups is 1.